The fraction of sp³-hybridized carbons (Fsp3) is 0.0667. The lowest BCUT2D eigenvalue weighted by atomic mass is 10.0. The number of hydrogen-bond acceptors (Lipinski definition) is 5. The molecule has 0 aliphatic carbocycles. The molecule has 0 aliphatic rings. The molecule has 0 saturated carbocycles. The van der Waals surface area contributed by atoms with Gasteiger partial charge in [-0.1, -0.05) is 6.07 Å². The summed E-state index contributed by atoms with van der Waals surface area (Å²) in [5.74, 6) is -2.04. The van der Waals surface area contributed by atoms with Gasteiger partial charge >= 0.3 is 0 Å². The number of nitrogens with two attached hydrogens (primary N) is 1. The Bertz CT molecular complexity index is 1030. The highest BCUT2D eigenvalue weighted by Crippen LogP contribution is 2.34. The van der Waals surface area contributed by atoms with Gasteiger partial charge in [0.1, 0.15) is 22.2 Å². The zero-order valence-corrected chi connectivity index (χ0v) is 14.0. The van der Waals surface area contributed by atoms with Crippen LogP contribution in [0.2, 0.25) is 0 Å². The maximum atomic E-state index is 14.4. The van der Waals surface area contributed by atoms with Crippen molar-refractivity contribution < 1.29 is 17.2 Å². The molecule has 124 valence electrons. The van der Waals surface area contributed by atoms with Crippen molar-refractivity contribution in [1.82, 2.24) is 9.97 Å². The zero-order valence-electron chi connectivity index (χ0n) is 12.3. The summed E-state index contributed by atoms with van der Waals surface area (Å²) in [6, 6.07) is 4.51. The number of aryl methyl sites for hydroxylation is 1. The molecule has 0 aliphatic heterocycles. The first-order chi connectivity index (χ1) is 11.3. The van der Waals surface area contributed by atoms with Gasteiger partial charge in [-0.25, -0.2) is 27.3 Å². The number of benzene rings is 1. The SMILES string of the molecule is Cc1nc(-c2ncccc2-c2cc(F)c(S(N)(=O)=O)cc2F)cs1. The molecule has 0 spiro atoms. The van der Waals surface area contributed by atoms with Crippen molar-refractivity contribution in [2.75, 3.05) is 0 Å². The molecule has 0 saturated heterocycles. The van der Waals surface area contributed by atoms with E-state index in [0.29, 0.717) is 23.0 Å². The minimum atomic E-state index is -4.36. The number of primary sulfonamides is 1. The number of aromatic nitrogens is 2. The van der Waals surface area contributed by atoms with E-state index in [0.717, 1.165) is 11.1 Å². The van der Waals surface area contributed by atoms with Gasteiger partial charge in [0.15, 0.2) is 0 Å². The Kier molecular flexibility index (Phi) is 4.16. The fourth-order valence-corrected chi connectivity index (χ4v) is 3.45. The molecule has 1 aromatic carbocycles. The number of pyridine rings is 1. The number of halogens is 2. The Balaban J connectivity index is 2.23. The van der Waals surface area contributed by atoms with Crippen molar-refractivity contribution in [1.29, 1.82) is 0 Å². The highest BCUT2D eigenvalue weighted by Gasteiger charge is 2.21. The number of hydrogen-bond donors (Lipinski definition) is 1. The van der Waals surface area contributed by atoms with Gasteiger partial charge in [-0.3, -0.25) is 4.98 Å². The Morgan fingerprint density at radius 3 is 2.54 bits per heavy atom. The third-order valence-electron chi connectivity index (χ3n) is 3.29. The third kappa shape index (κ3) is 3.05. The van der Waals surface area contributed by atoms with Crippen molar-refractivity contribution in [3.8, 4) is 22.5 Å². The summed E-state index contributed by atoms with van der Waals surface area (Å²) in [6.45, 7) is 1.82. The van der Waals surface area contributed by atoms with Crippen LogP contribution in [0.1, 0.15) is 5.01 Å². The van der Waals surface area contributed by atoms with Crippen LogP contribution in [0, 0.1) is 18.6 Å². The van der Waals surface area contributed by atoms with Gasteiger partial charge in [0.05, 0.1) is 10.7 Å². The zero-order chi connectivity index (χ0) is 17.5. The van der Waals surface area contributed by atoms with E-state index in [1.807, 2.05) is 6.92 Å². The first kappa shape index (κ1) is 16.6. The van der Waals surface area contributed by atoms with Gasteiger partial charge in [0.2, 0.25) is 10.0 Å². The second-order valence-corrected chi connectivity index (χ2v) is 7.55. The minimum Gasteiger partial charge on any atom is -0.254 e. The highest BCUT2D eigenvalue weighted by molar-refractivity contribution is 7.89. The number of thiazole rings is 1. The molecule has 9 heteroatoms. The predicted molar refractivity (Wildman–Crippen MR) is 86.8 cm³/mol. The quantitative estimate of drug-likeness (QED) is 0.771. The topological polar surface area (TPSA) is 85.9 Å². The van der Waals surface area contributed by atoms with Crippen molar-refractivity contribution in [2.45, 2.75) is 11.8 Å². The Labute approximate surface area is 140 Å². The summed E-state index contributed by atoms with van der Waals surface area (Å²) in [6.07, 6.45) is 1.51. The van der Waals surface area contributed by atoms with Crippen LogP contribution < -0.4 is 5.14 Å². The average molecular weight is 367 g/mol. The maximum absolute atomic E-state index is 14.4. The van der Waals surface area contributed by atoms with E-state index in [4.69, 9.17) is 5.14 Å². The largest absolute Gasteiger partial charge is 0.254 e. The van der Waals surface area contributed by atoms with Gasteiger partial charge < -0.3 is 0 Å². The van der Waals surface area contributed by atoms with Gasteiger partial charge in [0, 0.05) is 22.7 Å². The second kappa shape index (κ2) is 6.00. The lowest BCUT2D eigenvalue weighted by Crippen LogP contribution is -2.14. The lowest BCUT2D eigenvalue weighted by molar-refractivity contribution is 0.555. The highest BCUT2D eigenvalue weighted by atomic mass is 32.2. The summed E-state index contributed by atoms with van der Waals surface area (Å²) in [5, 5.41) is 7.45. The monoisotopic (exact) mass is 367 g/mol. The summed E-state index contributed by atoms with van der Waals surface area (Å²) in [4.78, 5) is 7.60. The van der Waals surface area contributed by atoms with E-state index in [1.54, 1.807) is 17.5 Å². The van der Waals surface area contributed by atoms with E-state index in [-0.39, 0.29) is 5.56 Å². The number of nitrogens with zero attached hydrogens (tertiary/aromatic N) is 2. The molecule has 0 atom stereocenters. The average Bonchev–Trinajstić information content (AvgIpc) is 2.94. The number of rotatable bonds is 3. The Morgan fingerprint density at radius 1 is 1.17 bits per heavy atom. The summed E-state index contributed by atoms with van der Waals surface area (Å²) < 4.78 is 51.1. The second-order valence-electron chi connectivity index (χ2n) is 4.96. The summed E-state index contributed by atoms with van der Waals surface area (Å²) >= 11 is 1.40. The molecule has 24 heavy (non-hydrogen) atoms. The fourth-order valence-electron chi connectivity index (χ4n) is 2.25. The van der Waals surface area contributed by atoms with Gasteiger partial charge in [-0.15, -0.1) is 11.3 Å². The molecule has 0 fully saturated rings. The van der Waals surface area contributed by atoms with Crippen LogP contribution in [-0.2, 0) is 10.0 Å². The van der Waals surface area contributed by atoms with Gasteiger partial charge in [-0.2, -0.15) is 0 Å². The Morgan fingerprint density at radius 2 is 1.92 bits per heavy atom. The molecule has 2 N–H and O–H groups in total. The standard InChI is InChI=1S/C15H11F2N3O2S2/c1-8-20-13(7-23-8)15-9(3-2-4-19-15)10-5-12(17)14(6-11(10)16)24(18,21)22/h2-7H,1H3,(H2,18,21,22). The van der Waals surface area contributed by atoms with E-state index in [9.17, 15) is 17.2 Å². The number of sulfonamides is 1. The van der Waals surface area contributed by atoms with Crippen molar-refractivity contribution in [3.63, 3.8) is 0 Å². The molecule has 3 rings (SSSR count). The van der Waals surface area contributed by atoms with E-state index < -0.39 is 26.6 Å². The smallest absolute Gasteiger partial charge is 0.241 e. The first-order valence-corrected chi connectivity index (χ1v) is 9.09. The van der Waals surface area contributed by atoms with Crippen LogP contribution in [0.4, 0.5) is 8.78 Å². The van der Waals surface area contributed by atoms with E-state index in [2.05, 4.69) is 9.97 Å². The molecule has 3 aromatic rings. The van der Waals surface area contributed by atoms with E-state index >= 15 is 0 Å². The summed E-state index contributed by atoms with van der Waals surface area (Å²) in [7, 11) is -4.36. The molecule has 5 nitrogen and oxygen atoms in total. The van der Waals surface area contributed by atoms with Crippen molar-refractivity contribution in [3.05, 3.63) is 52.5 Å². The van der Waals surface area contributed by atoms with Crippen molar-refractivity contribution >= 4 is 21.4 Å². The van der Waals surface area contributed by atoms with Crippen LogP contribution >= 0.6 is 11.3 Å². The van der Waals surface area contributed by atoms with Crippen LogP contribution in [-0.4, -0.2) is 18.4 Å². The van der Waals surface area contributed by atoms with Crippen molar-refractivity contribution in [2.24, 2.45) is 5.14 Å². The molecule has 0 amide bonds. The lowest BCUT2D eigenvalue weighted by Gasteiger charge is -2.10. The summed E-state index contributed by atoms with van der Waals surface area (Å²) in [5.41, 5.74) is 1.10. The molecule has 0 radical (unpaired) electrons. The molecular weight excluding hydrogens is 356 g/mol. The normalized spacial score (nSPS) is 11.7. The van der Waals surface area contributed by atoms with E-state index in [1.165, 1.54) is 17.5 Å². The first-order valence-electron chi connectivity index (χ1n) is 6.67. The van der Waals surface area contributed by atoms with Crippen LogP contribution in [0.15, 0.2) is 40.7 Å². The van der Waals surface area contributed by atoms with Gasteiger partial charge in [-0.05, 0) is 25.1 Å². The van der Waals surface area contributed by atoms with Crippen LogP contribution in [0.3, 0.4) is 0 Å². The molecule has 0 bridgehead atoms. The molecular formula is C15H11F2N3O2S2. The Hall–Kier alpha value is -2.23. The van der Waals surface area contributed by atoms with Crippen LogP contribution in [0.5, 0.6) is 0 Å². The predicted octanol–water partition coefficient (Wildman–Crippen LogP) is 3.11. The molecule has 2 aromatic heterocycles. The minimum absolute atomic E-state index is 0.117. The molecule has 0 unspecified atom stereocenters. The van der Waals surface area contributed by atoms with Gasteiger partial charge in [0.25, 0.3) is 0 Å². The van der Waals surface area contributed by atoms with Crippen LogP contribution in [0.25, 0.3) is 22.5 Å². The molecule has 2 heterocycles. The third-order valence-corrected chi connectivity index (χ3v) is 4.99. The maximum Gasteiger partial charge on any atom is 0.241 e.